The van der Waals surface area contributed by atoms with E-state index in [2.05, 4.69) is 6.58 Å². The third kappa shape index (κ3) is 4.07. The molecule has 4 heteroatoms. The van der Waals surface area contributed by atoms with Crippen LogP contribution in [-0.4, -0.2) is 24.0 Å². The zero-order valence-electron chi connectivity index (χ0n) is 11.9. The van der Waals surface area contributed by atoms with Crippen molar-refractivity contribution in [3.63, 3.8) is 0 Å². The van der Waals surface area contributed by atoms with E-state index in [4.69, 9.17) is 9.47 Å². The molecule has 0 amide bonds. The molecule has 2 rings (SSSR count). The molecule has 0 bridgehead atoms. The van der Waals surface area contributed by atoms with Crippen molar-refractivity contribution >= 4 is 16.7 Å². The van der Waals surface area contributed by atoms with Gasteiger partial charge in [0.05, 0.1) is 6.61 Å². The summed E-state index contributed by atoms with van der Waals surface area (Å²) in [7, 11) is 0. The summed E-state index contributed by atoms with van der Waals surface area (Å²) in [4.78, 5) is 11.2. The van der Waals surface area contributed by atoms with Gasteiger partial charge < -0.3 is 14.6 Å². The van der Waals surface area contributed by atoms with Crippen LogP contribution < -0.4 is 4.74 Å². The maximum absolute atomic E-state index is 11.2. The van der Waals surface area contributed by atoms with E-state index < -0.39 is 12.3 Å². The summed E-state index contributed by atoms with van der Waals surface area (Å²) >= 11 is 0. The Labute approximate surface area is 123 Å². The largest absolute Gasteiger partial charge is 0.493 e. The topological polar surface area (TPSA) is 55.8 Å². The molecule has 0 saturated carbocycles. The number of aliphatic hydroxyl groups is 1. The molecule has 4 nitrogen and oxygen atoms in total. The van der Waals surface area contributed by atoms with Gasteiger partial charge >= 0.3 is 5.97 Å². The number of rotatable bonds is 6. The molecule has 0 heterocycles. The number of fused-ring (bicyclic) bond motifs is 1. The molecule has 1 N–H and O–H groups in total. The molecule has 0 spiro atoms. The van der Waals surface area contributed by atoms with Crippen LogP contribution >= 0.6 is 0 Å². The maximum Gasteiger partial charge on any atom is 0.335 e. The summed E-state index contributed by atoms with van der Waals surface area (Å²) in [5.41, 5.74) is 0.254. The van der Waals surface area contributed by atoms with Gasteiger partial charge in [0.2, 0.25) is 6.29 Å². The minimum absolute atomic E-state index is 0.197. The maximum atomic E-state index is 11.2. The molecule has 2 aromatic rings. The van der Waals surface area contributed by atoms with Crippen molar-refractivity contribution in [2.45, 2.75) is 19.6 Å². The van der Waals surface area contributed by atoms with Gasteiger partial charge in [0, 0.05) is 17.4 Å². The SMILES string of the molecule is C=C(C)C(=O)OC(O)CCOc1cccc2ccccc12. The Hall–Kier alpha value is -2.33. The summed E-state index contributed by atoms with van der Waals surface area (Å²) in [6.45, 7) is 5.23. The number of esters is 1. The van der Waals surface area contributed by atoms with Gasteiger partial charge in [0.1, 0.15) is 5.75 Å². The zero-order valence-corrected chi connectivity index (χ0v) is 11.9. The van der Waals surface area contributed by atoms with Crippen molar-refractivity contribution in [3.8, 4) is 5.75 Å². The van der Waals surface area contributed by atoms with Crippen molar-refractivity contribution in [2.24, 2.45) is 0 Å². The Bertz CT molecular complexity index is 643. The predicted octanol–water partition coefficient (Wildman–Crippen LogP) is 3.05. The van der Waals surface area contributed by atoms with Gasteiger partial charge in [0.25, 0.3) is 0 Å². The van der Waals surface area contributed by atoms with Gasteiger partial charge in [0.15, 0.2) is 0 Å². The second-order valence-corrected chi connectivity index (χ2v) is 4.75. The van der Waals surface area contributed by atoms with Crippen LogP contribution in [0.25, 0.3) is 10.8 Å². The summed E-state index contributed by atoms with van der Waals surface area (Å²) in [5.74, 6) is 0.138. The van der Waals surface area contributed by atoms with E-state index in [0.717, 1.165) is 16.5 Å². The number of hydrogen-bond acceptors (Lipinski definition) is 4. The third-order valence-electron chi connectivity index (χ3n) is 2.96. The smallest absolute Gasteiger partial charge is 0.335 e. The second-order valence-electron chi connectivity index (χ2n) is 4.75. The Kier molecular flexibility index (Phi) is 4.95. The zero-order chi connectivity index (χ0) is 15.2. The predicted molar refractivity (Wildman–Crippen MR) is 81.0 cm³/mol. The van der Waals surface area contributed by atoms with Gasteiger partial charge in [-0.15, -0.1) is 0 Å². The first kappa shape index (κ1) is 15.1. The van der Waals surface area contributed by atoms with E-state index in [1.807, 2.05) is 42.5 Å². The molecule has 0 fully saturated rings. The molecule has 110 valence electrons. The van der Waals surface area contributed by atoms with Crippen LogP contribution in [0.4, 0.5) is 0 Å². The quantitative estimate of drug-likeness (QED) is 0.504. The van der Waals surface area contributed by atoms with Crippen LogP contribution in [0.5, 0.6) is 5.75 Å². The van der Waals surface area contributed by atoms with Crippen molar-refractivity contribution in [3.05, 3.63) is 54.6 Å². The fourth-order valence-electron chi connectivity index (χ4n) is 1.87. The highest BCUT2D eigenvalue weighted by molar-refractivity contribution is 5.88. The van der Waals surface area contributed by atoms with Crippen LogP contribution in [0.1, 0.15) is 13.3 Å². The van der Waals surface area contributed by atoms with E-state index in [1.54, 1.807) is 0 Å². The lowest BCUT2D eigenvalue weighted by Gasteiger charge is -2.13. The van der Waals surface area contributed by atoms with E-state index in [1.165, 1.54) is 6.92 Å². The highest BCUT2D eigenvalue weighted by Gasteiger charge is 2.12. The first-order valence-corrected chi connectivity index (χ1v) is 6.73. The minimum Gasteiger partial charge on any atom is -0.493 e. The Balaban J connectivity index is 1.91. The van der Waals surface area contributed by atoms with E-state index >= 15 is 0 Å². The third-order valence-corrected chi connectivity index (χ3v) is 2.96. The second kappa shape index (κ2) is 6.90. The van der Waals surface area contributed by atoms with E-state index in [0.29, 0.717) is 0 Å². The highest BCUT2D eigenvalue weighted by atomic mass is 16.6. The lowest BCUT2D eigenvalue weighted by Crippen LogP contribution is -2.20. The first-order chi connectivity index (χ1) is 10.1. The fourth-order valence-corrected chi connectivity index (χ4v) is 1.87. The minimum atomic E-state index is -1.19. The number of carbonyl (C=O) groups is 1. The number of benzene rings is 2. The van der Waals surface area contributed by atoms with Crippen molar-refractivity contribution in [1.82, 2.24) is 0 Å². The molecule has 0 aliphatic rings. The Morgan fingerprint density at radius 3 is 2.71 bits per heavy atom. The standard InChI is InChI=1S/C17H18O4/c1-12(2)17(19)21-16(18)10-11-20-15-9-5-7-13-6-3-4-8-14(13)15/h3-9,16,18H,1,10-11H2,2H3. The first-order valence-electron chi connectivity index (χ1n) is 6.73. The van der Waals surface area contributed by atoms with Gasteiger partial charge in [-0.05, 0) is 18.4 Å². The summed E-state index contributed by atoms with van der Waals surface area (Å²) in [6, 6.07) is 13.7. The van der Waals surface area contributed by atoms with Crippen LogP contribution in [0, 0.1) is 0 Å². The Morgan fingerprint density at radius 1 is 1.24 bits per heavy atom. The number of ether oxygens (including phenoxy) is 2. The van der Waals surface area contributed by atoms with Crippen molar-refractivity contribution < 1.29 is 19.4 Å². The molecular weight excluding hydrogens is 268 g/mol. The van der Waals surface area contributed by atoms with Crippen LogP contribution in [0.2, 0.25) is 0 Å². The molecular formula is C17H18O4. The van der Waals surface area contributed by atoms with Gasteiger partial charge in [-0.3, -0.25) is 0 Å². The van der Waals surface area contributed by atoms with E-state index in [-0.39, 0.29) is 18.6 Å². The Morgan fingerprint density at radius 2 is 1.95 bits per heavy atom. The van der Waals surface area contributed by atoms with Gasteiger partial charge in [-0.25, -0.2) is 4.79 Å². The molecule has 1 atom stereocenters. The van der Waals surface area contributed by atoms with E-state index in [9.17, 15) is 9.90 Å². The lowest BCUT2D eigenvalue weighted by atomic mass is 10.1. The average molecular weight is 286 g/mol. The summed E-state index contributed by atoms with van der Waals surface area (Å²) in [6.07, 6.45) is -0.994. The fraction of sp³-hybridized carbons (Fsp3) is 0.235. The molecule has 0 radical (unpaired) electrons. The summed E-state index contributed by atoms with van der Waals surface area (Å²) in [5, 5.41) is 11.7. The van der Waals surface area contributed by atoms with Crippen LogP contribution in [-0.2, 0) is 9.53 Å². The number of hydrogen-bond donors (Lipinski definition) is 1. The molecule has 2 aromatic carbocycles. The molecule has 0 aromatic heterocycles. The van der Waals surface area contributed by atoms with Crippen LogP contribution in [0.3, 0.4) is 0 Å². The highest BCUT2D eigenvalue weighted by Crippen LogP contribution is 2.25. The van der Waals surface area contributed by atoms with Gasteiger partial charge in [-0.1, -0.05) is 43.0 Å². The number of carbonyl (C=O) groups excluding carboxylic acids is 1. The summed E-state index contributed by atoms with van der Waals surface area (Å²) < 4.78 is 10.4. The molecule has 21 heavy (non-hydrogen) atoms. The molecule has 0 aliphatic heterocycles. The van der Waals surface area contributed by atoms with Crippen molar-refractivity contribution in [2.75, 3.05) is 6.61 Å². The average Bonchev–Trinajstić information content (AvgIpc) is 2.47. The molecule has 1 unspecified atom stereocenters. The molecule has 0 saturated heterocycles. The number of aliphatic hydroxyl groups excluding tert-OH is 1. The van der Waals surface area contributed by atoms with Crippen LogP contribution in [0.15, 0.2) is 54.6 Å². The lowest BCUT2D eigenvalue weighted by molar-refractivity contribution is -0.164. The van der Waals surface area contributed by atoms with Crippen molar-refractivity contribution in [1.29, 1.82) is 0 Å². The molecule has 0 aliphatic carbocycles. The van der Waals surface area contributed by atoms with Gasteiger partial charge in [-0.2, -0.15) is 0 Å². The normalized spacial score (nSPS) is 11.9. The monoisotopic (exact) mass is 286 g/mol.